The van der Waals surface area contributed by atoms with Gasteiger partial charge in [0.1, 0.15) is 0 Å². The van der Waals surface area contributed by atoms with Gasteiger partial charge >= 0.3 is 0 Å². The van der Waals surface area contributed by atoms with Crippen LogP contribution in [0.3, 0.4) is 0 Å². The highest BCUT2D eigenvalue weighted by Crippen LogP contribution is 2.37. The Labute approximate surface area is 196 Å². The Morgan fingerprint density at radius 2 is 1.61 bits per heavy atom. The molecule has 2 aromatic carbocycles. The first-order valence-electron chi connectivity index (χ1n) is 11.4. The lowest BCUT2D eigenvalue weighted by Crippen LogP contribution is -2.51. The van der Waals surface area contributed by atoms with Gasteiger partial charge in [0.2, 0.25) is 5.91 Å². The number of amides is 2. The summed E-state index contributed by atoms with van der Waals surface area (Å²) in [5, 5.41) is 0. The van der Waals surface area contributed by atoms with E-state index in [4.69, 9.17) is 0 Å². The molecule has 5 nitrogen and oxygen atoms in total. The van der Waals surface area contributed by atoms with E-state index < -0.39 is 5.41 Å². The number of benzene rings is 2. The third kappa shape index (κ3) is 4.98. The Morgan fingerprint density at radius 3 is 2.21 bits per heavy atom. The largest absolute Gasteiger partial charge is 0.348 e. The number of hydrogen-bond acceptors (Lipinski definition) is 3. The Kier molecular flexibility index (Phi) is 6.59. The third-order valence-electron chi connectivity index (χ3n) is 6.64. The van der Waals surface area contributed by atoms with Crippen molar-refractivity contribution in [2.24, 2.45) is 5.41 Å². The molecular formula is C28H31N3O2. The van der Waals surface area contributed by atoms with Crippen molar-refractivity contribution in [2.45, 2.75) is 26.2 Å². The van der Waals surface area contributed by atoms with E-state index in [-0.39, 0.29) is 11.8 Å². The van der Waals surface area contributed by atoms with Crippen molar-refractivity contribution in [3.05, 3.63) is 89.7 Å². The van der Waals surface area contributed by atoms with Gasteiger partial charge < -0.3 is 9.80 Å². The molecule has 5 heteroatoms. The van der Waals surface area contributed by atoms with E-state index in [0.29, 0.717) is 37.9 Å². The maximum absolute atomic E-state index is 13.3. The van der Waals surface area contributed by atoms with Gasteiger partial charge in [0.25, 0.3) is 5.91 Å². The number of rotatable bonds is 5. The molecule has 0 spiro atoms. The number of carbonyl (C=O) groups is 2. The van der Waals surface area contributed by atoms with E-state index in [1.54, 1.807) is 29.4 Å². The predicted octanol–water partition coefficient (Wildman–Crippen LogP) is 4.61. The molecule has 33 heavy (non-hydrogen) atoms. The summed E-state index contributed by atoms with van der Waals surface area (Å²) >= 11 is 0. The fourth-order valence-corrected chi connectivity index (χ4v) is 4.79. The molecule has 0 unspecified atom stereocenters. The van der Waals surface area contributed by atoms with Crippen molar-refractivity contribution in [3.63, 3.8) is 0 Å². The Balaban J connectivity index is 1.51. The second kappa shape index (κ2) is 9.57. The Bertz CT molecular complexity index is 1120. The highest BCUT2D eigenvalue weighted by molar-refractivity contribution is 5.94. The summed E-state index contributed by atoms with van der Waals surface area (Å²) in [6.07, 6.45) is 5.26. The van der Waals surface area contributed by atoms with Gasteiger partial charge in [0.05, 0.1) is 5.41 Å². The molecule has 1 aliphatic heterocycles. The number of hydrogen-bond donors (Lipinski definition) is 0. The number of likely N-dealkylation sites (tertiary alicyclic amines) is 1. The summed E-state index contributed by atoms with van der Waals surface area (Å²) in [6.45, 7) is 3.24. The predicted molar refractivity (Wildman–Crippen MR) is 131 cm³/mol. The molecule has 0 N–H and O–H groups in total. The van der Waals surface area contributed by atoms with Gasteiger partial charge in [-0.3, -0.25) is 14.6 Å². The van der Waals surface area contributed by atoms with Gasteiger partial charge in [-0.15, -0.1) is 0 Å². The van der Waals surface area contributed by atoms with Crippen molar-refractivity contribution in [1.29, 1.82) is 0 Å². The molecule has 1 aliphatic rings. The van der Waals surface area contributed by atoms with Crippen LogP contribution < -0.4 is 0 Å². The van der Waals surface area contributed by atoms with Crippen molar-refractivity contribution < 1.29 is 9.59 Å². The van der Waals surface area contributed by atoms with Crippen LogP contribution in [0.15, 0.2) is 73.1 Å². The lowest BCUT2D eigenvalue weighted by Gasteiger charge is -2.42. The Hall–Kier alpha value is -3.47. The zero-order valence-electron chi connectivity index (χ0n) is 19.6. The molecule has 0 aliphatic carbocycles. The Morgan fingerprint density at radius 1 is 0.939 bits per heavy atom. The second-order valence-electron chi connectivity index (χ2n) is 9.25. The quantitative estimate of drug-likeness (QED) is 0.581. The molecule has 0 bridgehead atoms. The van der Waals surface area contributed by atoms with Gasteiger partial charge in [-0.2, -0.15) is 0 Å². The third-order valence-corrected chi connectivity index (χ3v) is 6.64. The van der Waals surface area contributed by atoms with E-state index in [0.717, 1.165) is 5.56 Å². The summed E-state index contributed by atoms with van der Waals surface area (Å²) in [5.74, 6) is 0.145. The summed E-state index contributed by atoms with van der Waals surface area (Å²) < 4.78 is 0. The first kappa shape index (κ1) is 22.7. The lowest BCUT2D eigenvalue weighted by molar-refractivity contribution is -0.142. The van der Waals surface area contributed by atoms with Crippen LogP contribution in [0.2, 0.25) is 0 Å². The number of carbonyl (C=O) groups excluding carboxylic acids is 2. The molecule has 0 saturated carbocycles. The normalized spacial score (nSPS) is 15.2. The molecule has 3 aromatic rings. The van der Waals surface area contributed by atoms with Gasteiger partial charge in [0.15, 0.2) is 0 Å². The average molecular weight is 442 g/mol. The standard InChI is InChI=1S/C28H31N3O2/c1-21-5-4-6-25(19-21)23-9-7-22(8-10-23)20-28(27(33)30(2)3)13-17-31(18-14-28)26(32)24-11-15-29-16-12-24/h4-12,15-16,19H,13-14,17-18,20H2,1-3H3. The molecule has 2 heterocycles. The van der Waals surface area contributed by atoms with E-state index in [1.807, 2.05) is 19.0 Å². The first-order valence-corrected chi connectivity index (χ1v) is 11.4. The monoisotopic (exact) mass is 441 g/mol. The molecule has 1 fully saturated rings. The molecule has 4 rings (SSSR count). The van der Waals surface area contributed by atoms with Crippen LogP contribution in [-0.4, -0.2) is 53.8 Å². The van der Waals surface area contributed by atoms with Crippen molar-refractivity contribution >= 4 is 11.8 Å². The molecule has 0 atom stereocenters. The fraction of sp³-hybridized carbons (Fsp3) is 0.321. The molecule has 1 aromatic heterocycles. The molecule has 2 amide bonds. The van der Waals surface area contributed by atoms with Gasteiger partial charge in [0, 0.05) is 45.1 Å². The van der Waals surface area contributed by atoms with Crippen molar-refractivity contribution in [1.82, 2.24) is 14.8 Å². The summed E-state index contributed by atoms with van der Waals surface area (Å²) in [6, 6.07) is 20.5. The summed E-state index contributed by atoms with van der Waals surface area (Å²) in [5.41, 5.74) is 4.90. The molecule has 0 radical (unpaired) electrons. The topological polar surface area (TPSA) is 53.5 Å². The van der Waals surface area contributed by atoms with E-state index in [1.165, 1.54) is 16.7 Å². The lowest BCUT2D eigenvalue weighted by atomic mass is 9.72. The van der Waals surface area contributed by atoms with Crippen molar-refractivity contribution in [2.75, 3.05) is 27.2 Å². The number of piperidine rings is 1. The van der Waals surface area contributed by atoms with E-state index in [2.05, 4.69) is 60.4 Å². The van der Waals surface area contributed by atoms with Crippen LogP contribution in [0.5, 0.6) is 0 Å². The van der Waals surface area contributed by atoms with E-state index >= 15 is 0 Å². The fourth-order valence-electron chi connectivity index (χ4n) is 4.79. The van der Waals surface area contributed by atoms with Crippen LogP contribution in [0, 0.1) is 12.3 Å². The first-order chi connectivity index (χ1) is 15.9. The maximum atomic E-state index is 13.3. The number of aryl methyl sites for hydroxylation is 1. The number of aromatic nitrogens is 1. The van der Waals surface area contributed by atoms with Crippen molar-refractivity contribution in [3.8, 4) is 11.1 Å². The highest BCUT2D eigenvalue weighted by Gasteiger charge is 2.43. The van der Waals surface area contributed by atoms with E-state index in [9.17, 15) is 9.59 Å². The second-order valence-corrected chi connectivity index (χ2v) is 9.25. The highest BCUT2D eigenvalue weighted by atomic mass is 16.2. The summed E-state index contributed by atoms with van der Waals surface area (Å²) in [7, 11) is 3.64. The smallest absolute Gasteiger partial charge is 0.253 e. The molecule has 1 saturated heterocycles. The van der Waals surface area contributed by atoms with Crippen LogP contribution in [0.1, 0.15) is 34.3 Å². The zero-order valence-corrected chi connectivity index (χ0v) is 19.6. The van der Waals surface area contributed by atoms with Gasteiger partial charge in [-0.05, 0) is 55.0 Å². The maximum Gasteiger partial charge on any atom is 0.253 e. The average Bonchev–Trinajstić information content (AvgIpc) is 2.84. The number of nitrogens with zero attached hydrogens (tertiary/aromatic N) is 3. The molecular weight excluding hydrogens is 410 g/mol. The van der Waals surface area contributed by atoms with Gasteiger partial charge in [-0.25, -0.2) is 0 Å². The minimum Gasteiger partial charge on any atom is -0.348 e. The van der Waals surface area contributed by atoms with Crippen LogP contribution in [-0.2, 0) is 11.2 Å². The number of pyridine rings is 1. The molecule has 170 valence electrons. The minimum absolute atomic E-state index is 0.00538. The minimum atomic E-state index is -0.497. The van der Waals surface area contributed by atoms with Crippen LogP contribution >= 0.6 is 0 Å². The zero-order chi connectivity index (χ0) is 23.4. The summed E-state index contributed by atoms with van der Waals surface area (Å²) in [4.78, 5) is 33.7. The SMILES string of the molecule is Cc1cccc(-c2ccc(CC3(C(=O)N(C)C)CCN(C(=O)c4ccncc4)CC3)cc2)c1. The van der Waals surface area contributed by atoms with Gasteiger partial charge in [-0.1, -0.05) is 54.1 Å². The van der Waals surface area contributed by atoms with Crippen LogP contribution in [0.4, 0.5) is 0 Å². The van der Waals surface area contributed by atoms with Crippen LogP contribution in [0.25, 0.3) is 11.1 Å².